The molecule has 84 valence electrons. The average Bonchev–Trinajstić information content (AvgIpc) is 2.74. The van der Waals surface area contributed by atoms with Gasteiger partial charge >= 0.3 is 0 Å². The van der Waals surface area contributed by atoms with Gasteiger partial charge in [0.05, 0.1) is 15.0 Å². The summed E-state index contributed by atoms with van der Waals surface area (Å²) in [4.78, 5) is 9.88. The lowest BCUT2D eigenvalue weighted by atomic mass is 10.1. The molecule has 5 heteroatoms. The molecule has 2 rings (SSSR count). The van der Waals surface area contributed by atoms with Crippen molar-refractivity contribution in [1.82, 2.24) is 9.97 Å². The molecule has 0 atom stereocenters. The summed E-state index contributed by atoms with van der Waals surface area (Å²) in [7, 11) is 0. The van der Waals surface area contributed by atoms with Crippen molar-refractivity contribution in [3.63, 3.8) is 0 Å². The molecule has 0 aliphatic rings. The Morgan fingerprint density at radius 1 is 1.38 bits per heavy atom. The van der Waals surface area contributed by atoms with Crippen molar-refractivity contribution in [2.75, 3.05) is 5.73 Å². The molecule has 0 radical (unpaired) electrons. The van der Waals surface area contributed by atoms with E-state index in [1.54, 1.807) is 11.3 Å². The Bertz CT molecular complexity index is 494. The van der Waals surface area contributed by atoms with Gasteiger partial charge in [-0.2, -0.15) is 0 Å². The lowest BCUT2D eigenvalue weighted by Gasteiger charge is -2.10. The van der Waals surface area contributed by atoms with E-state index in [0.717, 1.165) is 15.0 Å². The maximum absolute atomic E-state index is 5.87. The normalized spacial score (nSPS) is 11.0. The first kappa shape index (κ1) is 11.5. The zero-order chi connectivity index (χ0) is 11.7. The molecule has 0 saturated heterocycles. The van der Waals surface area contributed by atoms with Crippen molar-refractivity contribution >= 4 is 33.1 Å². The minimum Gasteiger partial charge on any atom is -0.383 e. The van der Waals surface area contributed by atoms with Gasteiger partial charge in [-0.3, -0.25) is 0 Å². The zero-order valence-electron chi connectivity index (χ0n) is 9.07. The molecule has 0 bridgehead atoms. The molecule has 2 aromatic rings. The van der Waals surface area contributed by atoms with Crippen LogP contribution in [0.1, 0.15) is 25.5 Å². The highest BCUT2D eigenvalue weighted by Gasteiger charge is 2.14. The van der Waals surface area contributed by atoms with E-state index in [-0.39, 0.29) is 0 Å². The van der Waals surface area contributed by atoms with Crippen molar-refractivity contribution in [2.45, 2.75) is 19.8 Å². The fraction of sp³-hybridized carbons (Fsp3) is 0.273. The van der Waals surface area contributed by atoms with Crippen LogP contribution in [0.25, 0.3) is 10.7 Å². The smallest absolute Gasteiger partial charge is 0.171 e. The standard InChI is InChI=1S/C11H12BrN3S/c1-6(2)9-8(12)10(13)15-11(14-9)7-4-3-5-16-7/h3-6H,1-2H3,(H2,13,14,15). The monoisotopic (exact) mass is 297 g/mol. The van der Waals surface area contributed by atoms with Gasteiger partial charge in [0.15, 0.2) is 5.82 Å². The van der Waals surface area contributed by atoms with E-state index in [4.69, 9.17) is 5.73 Å². The maximum atomic E-state index is 5.87. The van der Waals surface area contributed by atoms with E-state index >= 15 is 0 Å². The predicted octanol–water partition coefficient (Wildman–Crippen LogP) is 3.67. The molecule has 2 N–H and O–H groups in total. The zero-order valence-corrected chi connectivity index (χ0v) is 11.5. The van der Waals surface area contributed by atoms with Crippen LogP contribution in [0.15, 0.2) is 22.0 Å². The molecule has 0 unspecified atom stereocenters. The van der Waals surface area contributed by atoms with Crippen LogP contribution in [0.3, 0.4) is 0 Å². The molecule has 0 aliphatic heterocycles. The topological polar surface area (TPSA) is 51.8 Å². The summed E-state index contributed by atoms with van der Waals surface area (Å²) in [5.41, 5.74) is 6.83. The molecule has 0 spiro atoms. The molecule has 2 aromatic heterocycles. The molecule has 0 saturated carbocycles. The number of thiophene rings is 1. The largest absolute Gasteiger partial charge is 0.383 e. The van der Waals surface area contributed by atoms with Crippen LogP contribution in [0.2, 0.25) is 0 Å². The molecular formula is C11H12BrN3S. The Morgan fingerprint density at radius 2 is 2.12 bits per heavy atom. The summed E-state index contributed by atoms with van der Waals surface area (Å²) < 4.78 is 0.808. The number of halogens is 1. The fourth-order valence-electron chi connectivity index (χ4n) is 1.38. The van der Waals surface area contributed by atoms with Crippen molar-refractivity contribution in [3.8, 4) is 10.7 Å². The number of anilines is 1. The lowest BCUT2D eigenvalue weighted by Crippen LogP contribution is -2.03. The molecule has 3 nitrogen and oxygen atoms in total. The summed E-state index contributed by atoms with van der Waals surface area (Å²) in [5, 5.41) is 2.01. The molecular weight excluding hydrogens is 286 g/mol. The van der Waals surface area contributed by atoms with Gasteiger partial charge in [0.25, 0.3) is 0 Å². The Kier molecular flexibility index (Phi) is 3.25. The van der Waals surface area contributed by atoms with Gasteiger partial charge in [0.1, 0.15) is 5.82 Å². The Balaban J connectivity index is 2.57. The fourth-order valence-corrected chi connectivity index (χ4v) is 2.67. The van der Waals surface area contributed by atoms with E-state index in [0.29, 0.717) is 17.6 Å². The Labute approximate surface area is 107 Å². The molecule has 0 fully saturated rings. The lowest BCUT2D eigenvalue weighted by molar-refractivity contribution is 0.811. The molecule has 0 amide bonds. The van der Waals surface area contributed by atoms with Gasteiger partial charge in [-0.25, -0.2) is 9.97 Å². The maximum Gasteiger partial charge on any atom is 0.171 e. The van der Waals surface area contributed by atoms with Crippen LogP contribution in [-0.4, -0.2) is 9.97 Å². The van der Waals surface area contributed by atoms with Gasteiger partial charge in [-0.05, 0) is 33.3 Å². The van der Waals surface area contributed by atoms with Crippen molar-refractivity contribution < 1.29 is 0 Å². The first-order chi connectivity index (χ1) is 7.59. The summed E-state index contributed by atoms with van der Waals surface area (Å²) in [6, 6.07) is 3.98. The SMILES string of the molecule is CC(C)c1nc(-c2cccs2)nc(N)c1Br. The highest BCUT2D eigenvalue weighted by Crippen LogP contribution is 2.30. The second-order valence-corrected chi connectivity index (χ2v) is 5.50. The number of hydrogen-bond donors (Lipinski definition) is 1. The third-order valence-electron chi connectivity index (χ3n) is 2.19. The van der Waals surface area contributed by atoms with Crippen LogP contribution in [0, 0.1) is 0 Å². The number of aromatic nitrogens is 2. The third-order valence-corrected chi connectivity index (χ3v) is 3.87. The Hall–Kier alpha value is -0.940. The van der Waals surface area contributed by atoms with Gasteiger partial charge in [-0.1, -0.05) is 19.9 Å². The van der Waals surface area contributed by atoms with Gasteiger partial charge in [-0.15, -0.1) is 11.3 Å². The second kappa shape index (κ2) is 4.51. The molecule has 0 aliphatic carbocycles. The molecule has 0 aromatic carbocycles. The Morgan fingerprint density at radius 3 is 2.69 bits per heavy atom. The van der Waals surface area contributed by atoms with Crippen LogP contribution in [0.5, 0.6) is 0 Å². The van der Waals surface area contributed by atoms with Crippen LogP contribution < -0.4 is 5.73 Å². The summed E-state index contributed by atoms with van der Waals surface area (Å²) in [6.07, 6.45) is 0. The van der Waals surface area contributed by atoms with Crippen LogP contribution >= 0.6 is 27.3 Å². The second-order valence-electron chi connectivity index (χ2n) is 3.76. The summed E-state index contributed by atoms with van der Waals surface area (Å²) in [5.74, 6) is 1.53. The van der Waals surface area contributed by atoms with E-state index in [2.05, 4.69) is 39.7 Å². The van der Waals surface area contributed by atoms with E-state index in [1.165, 1.54) is 0 Å². The van der Waals surface area contributed by atoms with Gasteiger partial charge in [0.2, 0.25) is 0 Å². The predicted molar refractivity (Wildman–Crippen MR) is 71.5 cm³/mol. The third kappa shape index (κ3) is 2.10. The van der Waals surface area contributed by atoms with Gasteiger partial charge in [0, 0.05) is 0 Å². The van der Waals surface area contributed by atoms with Crippen molar-refractivity contribution in [3.05, 3.63) is 27.7 Å². The number of nitrogen functional groups attached to an aromatic ring is 1. The van der Waals surface area contributed by atoms with Crippen LogP contribution in [-0.2, 0) is 0 Å². The first-order valence-electron chi connectivity index (χ1n) is 4.96. The number of hydrogen-bond acceptors (Lipinski definition) is 4. The number of nitrogens with zero attached hydrogens (tertiary/aromatic N) is 2. The average molecular weight is 298 g/mol. The van der Waals surface area contributed by atoms with E-state index in [1.807, 2.05) is 17.5 Å². The van der Waals surface area contributed by atoms with E-state index in [9.17, 15) is 0 Å². The van der Waals surface area contributed by atoms with Gasteiger partial charge < -0.3 is 5.73 Å². The van der Waals surface area contributed by atoms with Crippen molar-refractivity contribution in [2.24, 2.45) is 0 Å². The van der Waals surface area contributed by atoms with Crippen LogP contribution in [0.4, 0.5) is 5.82 Å². The van der Waals surface area contributed by atoms with Crippen molar-refractivity contribution in [1.29, 1.82) is 0 Å². The summed E-state index contributed by atoms with van der Waals surface area (Å²) >= 11 is 5.05. The minimum absolute atomic E-state index is 0.318. The number of rotatable bonds is 2. The van der Waals surface area contributed by atoms with E-state index < -0.39 is 0 Å². The number of nitrogens with two attached hydrogens (primary N) is 1. The highest BCUT2D eigenvalue weighted by atomic mass is 79.9. The molecule has 16 heavy (non-hydrogen) atoms. The minimum atomic E-state index is 0.318. The molecule has 2 heterocycles. The highest BCUT2D eigenvalue weighted by molar-refractivity contribution is 9.10. The quantitative estimate of drug-likeness (QED) is 0.920. The first-order valence-corrected chi connectivity index (χ1v) is 6.63. The summed E-state index contributed by atoms with van der Waals surface area (Å²) in [6.45, 7) is 4.18.